The number of methoxy groups -OCH3 is 2. The number of nitrogens with zero attached hydrogens (tertiary/aromatic N) is 3. The summed E-state index contributed by atoms with van der Waals surface area (Å²) in [7, 11) is 6.26. The zero-order chi connectivity index (χ0) is 19.1. The number of likely N-dealkylation sites (N-methyl/N-ethyl adjacent to an activating group) is 1. The number of amides is 1. The van der Waals surface area contributed by atoms with Gasteiger partial charge >= 0.3 is 5.97 Å². The molecule has 1 heterocycles. The van der Waals surface area contributed by atoms with Crippen molar-refractivity contribution in [2.24, 2.45) is 0 Å². The second kappa shape index (κ2) is 8.84. The molecule has 0 atom stereocenters. The summed E-state index contributed by atoms with van der Waals surface area (Å²) < 4.78 is 20.5. The van der Waals surface area contributed by atoms with E-state index in [4.69, 9.17) is 18.7 Å². The molecule has 140 valence electrons. The van der Waals surface area contributed by atoms with E-state index in [1.165, 1.54) is 12.0 Å². The van der Waals surface area contributed by atoms with Crippen molar-refractivity contribution < 1.29 is 28.3 Å². The second-order valence-corrected chi connectivity index (χ2v) is 5.53. The Bertz CT molecular complexity index is 772. The number of carbonyl (C=O) groups is 2. The number of rotatable bonds is 8. The van der Waals surface area contributed by atoms with Crippen LogP contribution in [0.2, 0.25) is 0 Å². The van der Waals surface area contributed by atoms with Gasteiger partial charge in [-0.05, 0) is 18.2 Å². The van der Waals surface area contributed by atoms with Crippen molar-refractivity contribution in [2.75, 3.05) is 34.9 Å². The van der Waals surface area contributed by atoms with Gasteiger partial charge in [-0.3, -0.25) is 9.59 Å². The van der Waals surface area contributed by atoms with Gasteiger partial charge in [0.2, 0.25) is 11.7 Å². The van der Waals surface area contributed by atoms with Crippen molar-refractivity contribution in [3.05, 3.63) is 24.1 Å². The van der Waals surface area contributed by atoms with E-state index >= 15 is 0 Å². The third-order valence-electron chi connectivity index (χ3n) is 3.51. The molecule has 0 aliphatic carbocycles. The number of esters is 1. The summed E-state index contributed by atoms with van der Waals surface area (Å²) in [6.45, 7) is -0.285. The SMILES string of the molecule is COc1ccc(-c2noc(CCC(=O)OCC(=O)N(C)C)n2)cc1OC. The first-order valence-corrected chi connectivity index (χ1v) is 7.85. The predicted octanol–water partition coefficient (Wildman–Crippen LogP) is 1.32. The van der Waals surface area contributed by atoms with Gasteiger partial charge in [-0.2, -0.15) is 4.98 Å². The number of hydrogen-bond acceptors (Lipinski definition) is 8. The highest BCUT2D eigenvalue weighted by molar-refractivity contribution is 5.80. The molecule has 0 unspecified atom stereocenters. The van der Waals surface area contributed by atoms with E-state index in [0.717, 1.165) is 0 Å². The average Bonchev–Trinajstić information content (AvgIpc) is 3.12. The fourth-order valence-electron chi connectivity index (χ4n) is 2.00. The zero-order valence-electron chi connectivity index (χ0n) is 15.1. The maximum Gasteiger partial charge on any atom is 0.306 e. The molecule has 1 amide bonds. The summed E-state index contributed by atoms with van der Waals surface area (Å²) in [6, 6.07) is 5.25. The fraction of sp³-hybridized carbons (Fsp3) is 0.412. The molecule has 2 aromatic rings. The van der Waals surface area contributed by atoms with Crippen LogP contribution < -0.4 is 9.47 Å². The predicted molar refractivity (Wildman–Crippen MR) is 90.8 cm³/mol. The Morgan fingerprint density at radius 1 is 1.15 bits per heavy atom. The lowest BCUT2D eigenvalue weighted by Gasteiger charge is -2.09. The summed E-state index contributed by atoms with van der Waals surface area (Å²) in [5.41, 5.74) is 0.691. The van der Waals surface area contributed by atoms with Crippen molar-refractivity contribution in [3.63, 3.8) is 0 Å². The summed E-state index contributed by atoms with van der Waals surface area (Å²) in [5, 5.41) is 3.90. The van der Waals surface area contributed by atoms with Gasteiger partial charge in [0.25, 0.3) is 5.91 Å². The molecule has 0 radical (unpaired) electrons. The Kier molecular flexibility index (Phi) is 6.54. The second-order valence-electron chi connectivity index (χ2n) is 5.53. The highest BCUT2D eigenvalue weighted by atomic mass is 16.5. The van der Waals surface area contributed by atoms with Crippen LogP contribution in [0.25, 0.3) is 11.4 Å². The summed E-state index contributed by atoms with van der Waals surface area (Å²) in [5.74, 6) is 1.01. The van der Waals surface area contributed by atoms with Crippen LogP contribution in [0.15, 0.2) is 22.7 Å². The largest absolute Gasteiger partial charge is 0.493 e. The van der Waals surface area contributed by atoms with Crippen molar-refractivity contribution in [1.29, 1.82) is 0 Å². The Morgan fingerprint density at radius 3 is 2.54 bits per heavy atom. The third kappa shape index (κ3) is 4.95. The third-order valence-corrected chi connectivity index (χ3v) is 3.51. The van der Waals surface area contributed by atoms with Gasteiger partial charge < -0.3 is 23.6 Å². The molecule has 0 bridgehead atoms. The molecule has 1 aromatic heterocycles. The van der Waals surface area contributed by atoms with Gasteiger partial charge in [-0.15, -0.1) is 0 Å². The maximum atomic E-state index is 11.7. The maximum absolute atomic E-state index is 11.7. The van der Waals surface area contributed by atoms with Crippen molar-refractivity contribution in [1.82, 2.24) is 15.0 Å². The summed E-state index contributed by atoms with van der Waals surface area (Å²) in [4.78, 5) is 28.6. The monoisotopic (exact) mass is 363 g/mol. The van der Waals surface area contributed by atoms with Gasteiger partial charge in [-0.1, -0.05) is 5.16 Å². The first-order chi connectivity index (χ1) is 12.4. The Labute approximate surface area is 150 Å². The van der Waals surface area contributed by atoms with Gasteiger partial charge in [0, 0.05) is 26.1 Å². The summed E-state index contributed by atoms with van der Waals surface area (Å²) in [6.07, 6.45) is 0.254. The smallest absolute Gasteiger partial charge is 0.306 e. The highest BCUT2D eigenvalue weighted by Gasteiger charge is 2.14. The quantitative estimate of drug-likeness (QED) is 0.647. The van der Waals surface area contributed by atoms with Crippen molar-refractivity contribution in [3.8, 4) is 22.9 Å². The molecule has 9 nitrogen and oxygen atoms in total. The van der Waals surface area contributed by atoms with Crippen LogP contribution in [-0.2, 0) is 20.7 Å². The molecule has 1 aromatic carbocycles. The van der Waals surface area contributed by atoms with Gasteiger partial charge in [-0.25, -0.2) is 0 Å². The van der Waals surface area contributed by atoms with E-state index < -0.39 is 5.97 Å². The highest BCUT2D eigenvalue weighted by Crippen LogP contribution is 2.31. The van der Waals surface area contributed by atoms with E-state index in [2.05, 4.69) is 10.1 Å². The summed E-state index contributed by atoms with van der Waals surface area (Å²) >= 11 is 0. The zero-order valence-corrected chi connectivity index (χ0v) is 15.1. The molecule has 0 saturated carbocycles. The lowest BCUT2D eigenvalue weighted by Crippen LogP contribution is -2.27. The molecule has 0 aliphatic heterocycles. The topological polar surface area (TPSA) is 104 Å². The van der Waals surface area contributed by atoms with Crippen molar-refractivity contribution >= 4 is 11.9 Å². The Hall–Kier alpha value is -3.10. The minimum atomic E-state index is -0.508. The van der Waals surface area contributed by atoms with Crippen LogP contribution in [-0.4, -0.2) is 61.8 Å². The molecule has 9 heteroatoms. The van der Waals surface area contributed by atoms with Gasteiger partial charge in [0.15, 0.2) is 18.1 Å². The minimum absolute atomic E-state index is 0.0360. The van der Waals surface area contributed by atoms with E-state index in [9.17, 15) is 9.59 Å². The van der Waals surface area contributed by atoms with Crippen LogP contribution >= 0.6 is 0 Å². The number of hydrogen-bond donors (Lipinski definition) is 0. The number of benzene rings is 1. The van der Waals surface area contributed by atoms with Gasteiger partial charge in [0.1, 0.15) is 0 Å². The van der Waals surface area contributed by atoms with Crippen LogP contribution in [0.5, 0.6) is 11.5 Å². The standard InChI is InChI=1S/C17H21N3O6/c1-20(2)15(21)10-25-16(22)8-7-14-18-17(19-26-14)11-5-6-12(23-3)13(9-11)24-4/h5-6,9H,7-8,10H2,1-4H3. The number of carbonyl (C=O) groups excluding carboxylic acids is 2. The lowest BCUT2D eigenvalue weighted by atomic mass is 10.2. The average molecular weight is 363 g/mol. The lowest BCUT2D eigenvalue weighted by molar-refractivity contribution is -0.151. The van der Waals surface area contributed by atoms with Crippen molar-refractivity contribution in [2.45, 2.75) is 12.8 Å². The van der Waals surface area contributed by atoms with Crippen LogP contribution in [0, 0.1) is 0 Å². The number of aromatic nitrogens is 2. The molecule has 2 rings (SSSR count). The minimum Gasteiger partial charge on any atom is -0.493 e. The van der Waals surface area contributed by atoms with Crippen LogP contribution in [0.3, 0.4) is 0 Å². The molecular formula is C17H21N3O6. The van der Waals surface area contributed by atoms with Gasteiger partial charge in [0.05, 0.1) is 20.6 Å². The molecule has 0 aliphatic rings. The first kappa shape index (κ1) is 19.2. The molecule has 0 saturated heterocycles. The molecular weight excluding hydrogens is 342 g/mol. The molecule has 0 spiro atoms. The number of aryl methyl sites for hydroxylation is 1. The first-order valence-electron chi connectivity index (χ1n) is 7.85. The molecule has 26 heavy (non-hydrogen) atoms. The van der Waals surface area contributed by atoms with E-state index in [1.54, 1.807) is 39.4 Å². The van der Waals surface area contributed by atoms with E-state index in [1.807, 2.05) is 0 Å². The van der Waals surface area contributed by atoms with E-state index in [-0.39, 0.29) is 25.4 Å². The Morgan fingerprint density at radius 2 is 1.88 bits per heavy atom. The Balaban J connectivity index is 1.93. The van der Waals surface area contributed by atoms with Crippen LogP contribution in [0.4, 0.5) is 0 Å². The molecule has 0 fully saturated rings. The van der Waals surface area contributed by atoms with Crippen LogP contribution in [0.1, 0.15) is 12.3 Å². The normalized spacial score (nSPS) is 10.3. The van der Waals surface area contributed by atoms with E-state index in [0.29, 0.717) is 28.8 Å². The number of ether oxygens (including phenoxy) is 3. The fourth-order valence-corrected chi connectivity index (χ4v) is 2.00. The molecule has 0 N–H and O–H groups in total.